The van der Waals surface area contributed by atoms with Gasteiger partial charge in [-0.2, -0.15) is 0 Å². The molecule has 13 heteroatoms. The molecular weight excluding hydrogens is 485 g/mol. The highest BCUT2D eigenvalue weighted by atomic mass is 19.4. The van der Waals surface area contributed by atoms with E-state index in [0.29, 0.717) is 11.3 Å². The lowest BCUT2D eigenvalue weighted by Crippen LogP contribution is -2.18. The minimum atomic E-state index is -4.90. The van der Waals surface area contributed by atoms with Gasteiger partial charge in [0.2, 0.25) is 0 Å². The third kappa shape index (κ3) is 5.92. The topological polar surface area (TPSA) is 135 Å². The molecule has 0 bridgehead atoms. The molecule has 0 atom stereocenters. The van der Waals surface area contributed by atoms with Crippen LogP contribution in [0.25, 0.3) is 0 Å². The van der Waals surface area contributed by atoms with Gasteiger partial charge in [-0.05, 0) is 37.6 Å². The van der Waals surface area contributed by atoms with E-state index in [2.05, 4.69) is 20.0 Å². The molecule has 3 rings (SSSR count). The molecule has 3 aromatic rings. The number of nitrogens with two attached hydrogens (primary N) is 1. The van der Waals surface area contributed by atoms with Gasteiger partial charge in [-0.3, -0.25) is 19.6 Å². The van der Waals surface area contributed by atoms with E-state index in [4.69, 9.17) is 19.9 Å². The minimum Gasteiger partial charge on any atom is -0.494 e. The Labute approximate surface area is 203 Å². The molecule has 1 aromatic carbocycles. The molecule has 2 heterocycles. The van der Waals surface area contributed by atoms with Crippen LogP contribution in [-0.2, 0) is 0 Å². The van der Waals surface area contributed by atoms with Crippen molar-refractivity contribution in [2.75, 3.05) is 19.5 Å². The van der Waals surface area contributed by atoms with E-state index in [1.165, 1.54) is 38.7 Å². The number of methoxy groups -OCH3 is 2. The van der Waals surface area contributed by atoms with E-state index in [9.17, 15) is 22.8 Å². The molecule has 0 spiro atoms. The second-order valence-corrected chi connectivity index (χ2v) is 7.28. The summed E-state index contributed by atoms with van der Waals surface area (Å²) in [5, 5.41) is 2.66. The van der Waals surface area contributed by atoms with Gasteiger partial charge in [-0.25, -0.2) is 0 Å². The first-order chi connectivity index (χ1) is 16.9. The number of amides is 2. The Morgan fingerprint density at radius 3 is 2.31 bits per heavy atom. The van der Waals surface area contributed by atoms with Gasteiger partial charge in [0.25, 0.3) is 11.8 Å². The van der Waals surface area contributed by atoms with Gasteiger partial charge in [0.15, 0.2) is 23.0 Å². The number of aryl methyl sites for hydroxylation is 2. The number of nitrogens with one attached hydrogen (secondary N) is 1. The Morgan fingerprint density at radius 1 is 0.972 bits per heavy atom. The summed E-state index contributed by atoms with van der Waals surface area (Å²) in [6.07, 6.45) is -2.27. The van der Waals surface area contributed by atoms with Crippen molar-refractivity contribution in [3.63, 3.8) is 0 Å². The van der Waals surface area contributed by atoms with E-state index in [1.54, 1.807) is 13.8 Å². The Morgan fingerprint density at radius 2 is 1.69 bits per heavy atom. The van der Waals surface area contributed by atoms with Gasteiger partial charge in [0.05, 0.1) is 26.1 Å². The molecular formula is C23H21F3N4O6. The van der Waals surface area contributed by atoms with Crippen molar-refractivity contribution < 1.29 is 41.7 Å². The fourth-order valence-electron chi connectivity index (χ4n) is 3.14. The van der Waals surface area contributed by atoms with E-state index in [1.807, 2.05) is 0 Å². The smallest absolute Gasteiger partial charge is 0.494 e. The van der Waals surface area contributed by atoms with Crippen LogP contribution in [-0.4, -0.2) is 42.4 Å². The maximum absolute atomic E-state index is 13.3. The largest absolute Gasteiger partial charge is 0.573 e. The fourth-order valence-corrected chi connectivity index (χ4v) is 3.14. The van der Waals surface area contributed by atoms with Crippen molar-refractivity contribution in [3.8, 4) is 28.7 Å². The lowest BCUT2D eigenvalue weighted by Gasteiger charge is -2.18. The van der Waals surface area contributed by atoms with Crippen LogP contribution in [0, 0.1) is 13.8 Å². The first-order valence-corrected chi connectivity index (χ1v) is 10.2. The maximum atomic E-state index is 13.3. The second-order valence-electron chi connectivity index (χ2n) is 7.28. The van der Waals surface area contributed by atoms with E-state index < -0.39 is 23.9 Å². The summed E-state index contributed by atoms with van der Waals surface area (Å²) in [5.41, 5.74) is 6.31. The third-order valence-corrected chi connectivity index (χ3v) is 4.80. The molecule has 10 nitrogen and oxygen atoms in total. The highest BCUT2D eigenvalue weighted by Gasteiger charge is 2.31. The summed E-state index contributed by atoms with van der Waals surface area (Å²) in [7, 11) is 2.56. The molecule has 2 amide bonds. The maximum Gasteiger partial charge on any atom is 0.573 e. The standard InChI is InChI=1S/C23H21F3N4O6/c1-11-9-29-15(21(27)31)8-14(11)30-22(32)19-18(10-28-12(2)20(19)34-4)35-16-6-5-13(7-17(16)33-3)36-23(24,25)26/h5-10H,1-4H3,(H2,27,31)(H,29,30,32). The number of carbonyl (C=O) groups excluding carboxylic acids is 2. The van der Waals surface area contributed by atoms with Crippen molar-refractivity contribution in [3.05, 3.63) is 59.2 Å². The number of alkyl halides is 3. The third-order valence-electron chi connectivity index (χ3n) is 4.80. The van der Waals surface area contributed by atoms with Crippen LogP contribution >= 0.6 is 0 Å². The zero-order valence-corrected chi connectivity index (χ0v) is 19.5. The number of rotatable bonds is 8. The average Bonchev–Trinajstić information content (AvgIpc) is 2.80. The van der Waals surface area contributed by atoms with Crippen LogP contribution in [0.15, 0.2) is 36.7 Å². The highest BCUT2D eigenvalue weighted by Crippen LogP contribution is 2.39. The number of hydrogen-bond acceptors (Lipinski definition) is 8. The molecule has 0 aliphatic carbocycles. The molecule has 3 N–H and O–H groups in total. The number of nitrogens with zero attached hydrogens (tertiary/aromatic N) is 2. The van der Waals surface area contributed by atoms with E-state index >= 15 is 0 Å². The number of ether oxygens (including phenoxy) is 4. The van der Waals surface area contributed by atoms with Crippen molar-refractivity contribution >= 4 is 17.5 Å². The molecule has 0 aliphatic heterocycles. The molecule has 0 saturated heterocycles. The lowest BCUT2D eigenvalue weighted by molar-refractivity contribution is -0.274. The number of hydrogen-bond donors (Lipinski definition) is 2. The van der Waals surface area contributed by atoms with Gasteiger partial charge in [0, 0.05) is 18.0 Å². The van der Waals surface area contributed by atoms with Gasteiger partial charge in [-0.15, -0.1) is 13.2 Å². The normalized spacial score (nSPS) is 11.0. The average molecular weight is 506 g/mol. The zero-order valence-electron chi connectivity index (χ0n) is 19.5. The van der Waals surface area contributed by atoms with E-state index in [0.717, 1.165) is 12.1 Å². The molecule has 0 saturated carbocycles. The quantitative estimate of drug-likeness (QED) is 0.465. The number of carbonyl (C=O) groups is 2. The molecule has 2 aromatic heterocycles. The van der Waals surface area contributed by atoms with Crippen LogP contribution in [0.1, 0.15) is 32.1 Å². The van der Waals surface area contributed by atoms with Crippen molar-refractivity contribution in [1.82, 2.24) is 9.97 Å². The van der Waals surface area contributed by atoms with Gasteiger partial charge >= 0.3 is 6.36 Å². The summed E-state index contributed by atoms with van der Waals surface area (Å²) in [4.78, 5) is 32.9. The summed E-state index contributed by atoms with van der Waals surface area (Å²) >= 11 is 0. The Hall–Kier alpha value is -4.55. The van der Waals surface area contributed by atoms with Gasteiger partial charge in [-0.1, -0.05) is 0 Å². The van der Waals surface area contributed by atoms with Crippen molar-refractivity contribution in [2.24, 2.45) is 5.73 Å². The predicted octanol–water partition coefficient (Wildman–Crippen LogP) is 4.15. The van der Waals surface area contributed by atoms with Crippen LogP contribution in [0.2, 0.25) is 0 Å². The molecule has 0 unspecified atom stereocenters. The molecule has 190 valence electrons. The number of aromatic nitrogens is 2. The van der Waals surface area contributed by atoms with Crippen LogP contribution in [0.5, 0.6) is 28.7 Å². The number of primary amides is 1. The van der Waals surface area contributed by atoms with Crippen molar-refractivity contribution in [1.29, 1.82) is 0 Å². The predicted molar refractivity (Wildman–Crippen MR) is 121 cm³/mol. The van der Waals surface area contributed by atoms with Gasteiger partial charge in [0.1, 0.15) is 17.0 Å². The van der Waals surface area contributed by atoms with Crippen LogP contribution in [0.3, 0.4) is 0 Å². The fraction of sp³-hybridized carbons (Fsp3) is 0.217. The Kier molecular flexibility index (Phi) is 7.51. The SMILES string of the molecule is COc1cc(OC(F)(F)F)ccc1Oc1cnc(C)c(OC)c1C(=O)Nc1cc(C(N)=O)ncc1C. The first kappa shape index (κ1) is 26.1. The highest BCUT2D eigenvalue weighted by molar-refractivity contribution is 6.09. The van der Waals surface area contributed by atoms with Crippen molar-refractivity contribution in [2.45, 2.75) is 20.2 Å². The summed E-state index contributed by atoms with van der Waals surface area (Å²) in [6.45, 7) is 3.27. The Balaban J connectivity index is 2.02. The van der Waals surface area contributed by atoms with Gasteiger partial charge < -0.3 is 30.0 Å². The number of anilines is 1. The second kappa shape index (κ2) is 10.4. The molecule has 0 radical (unpaired) electrons. The molecule has 0 aliphatic rings. The Bertz CT molecular complexity index is 1310. The first-order valence-electron chi connectivity index (χ1n) is 10.2. The molecule has 36 heavy (non-hydrogen) atoms. The number of benzene rings is 1. The minimum absolute atomic E-state index is 0.0233. The molecule has 0 fully saturated rings. The lowest BCUT2D eigenvalue weighted by atomic mass is 10.1. The van der Waals surface area contributed by atoms with Crippen LogP contribution in [0.4, 0.5) is 18.9 Å². The monoisotopic (exact) mass is 506 g/mol. The summed E-state index contributed by atoms with van der Waals surface area (Å²) in [6, 6.07) is 4.50. The number of halogens is 3. The summed E-state index contributed by atoms with van der Waals surface area (Å²) < 4.78 is 57.9. The van der Waals surface area contributed by atoms with E-state index in [-0.39, 0.29) is 39.9 Å². The van der Waals surface area contributed by atoms with Crippen LogP contribution < -0.4 is 30.0 Å². The summed E-state index contributed by atoms with van der Waals surface area (Å²) in [5.74, 6) is -2.11. The zero-order chi connectivity index (χ0) is 26.6. The number of pyridine rings is 2.